The Morgan fingerprint density at radius 2 is 1.85 bits per heavy atom. The minimum Gasteiger partial charge on any atom is -0.615 e. The monoisotopic (exact) mass is 1150 g/mol. The summed E-state index contributed by atoms with van der Waals surface area (Å²) in [5.41, 5.74) is 5.18. The SMILES string of the molecule is CCc1cccc2cc(O)cc(-c3ncc4c(N5CC6CCC(C5)N6)nc(OC[C@@]56CCCN5[SH](COCC(=O)N[C@H](C(=O)N5C[S+]([O-])C[C@@]5(S)C(=O)N[C@@H](C)c5ccc(-c7scnc7C)cc5)C(C)(C)C)CC6)nc4c3F)c12. The molecule has 0 spiro atoms. The molecule has 5 saturated heterocycles. The fourth-order valence-corrected chi connectivity index (χ4v) is 18.1. The molecular weight excluding hydrogens is 1080 g/mol. The number of thiazole rings is 1. The molecule has 6 aromatic rings. The lowest BCUT2D eigenvalue weighted by atomic mass is 9.85. The van der Waals surface area contributed by atoms with Gasteiger partial charge in [0.1, 0.15) is 47.8 Å². The van der Waals surface area contributed by atoms with Crippen LogP contribution in [0.15, 0.2) is 66.3 Å². The Morgan fingerprint density at radius 3 is 2.57 bits per heavy atom. The lowest BCUT2D eigenvalue weighted by molar-refractivity contribution is -0.145. The minimum absolute atomic E-state index is 0.0158. The number of rotatable bonds is 16. The van der Waals surface area contributed by atoms with Crippen molar-refractivity contribution in [1.29, 1.82) is 0 Å². The third-order valence-corrected chi connectivity index (χ3v) is 22.0. The van der Waals surface area contributed by atoms with Gasteiger partial charge in [-0.05, 0) is 114 Å². The molecule has 420 valence electrons. The van der Waals surface area contributed by atoms with E-state index in [-0.39, 0.29) is 65.4 Å². The number of carbonyl (C=O) groups excluding carboxylic acids is 3. The van der Waals surface area contributed by atoms with Crippen molar-refractivity contribution in [2.24, 2.45) is 5.41 Å². The second-order valence-electron chi connectivity index (χ2n) is 22.9. The molecule has 0 radical (unpaired) electrons. The first-order valence-corrected chi connectivity index (χ1v) is 31.7. The number of fused-ring (bicyclic) bond motifs is 5. The number of hydrogen-bond donors (Lipinski definition) is 6. The standard InChI is InChI=1S/C57H69FN10O7S4/c1-7-35-10-8-11-38-22-41(69)23-42(45(35)38)47-46(58)48-43(24-59-47)51(66-25-39-16-17-40(26-66)62-39)65-54(64-48)75-28-56-18-9-20-68(56)78(21-19-56)32-74-27-44(70)63-50(55(4,5)6)52(71)67-31-79(73)29-57(67,76)53(72)61-33(2)36-12-14-37(15-13-36)49-34(3)60-30-77-49/h8,10-15,22-24,30,33,39-40,50,62,69,76,78H,7,9,16-21,25-29,31-32H2,1-6H3,(H,61,72)(H,63,70)/t33-,39?,40?,50+,56-,57+,79?/m0/s1. The summed E-state index contributed by atoms with van der Waals surface area (Å²) in [4.78, 5) is 64.1. The van der Waals surface area contributed by atoms with Gasteiger partial charge in [-0.3, -0.25) is 28.6 Å². The van der Waals surface area contributed by atoms with Crippen LogP contribution in [0, 0.1) is 18.2 Å². The number of hydrogen-bond acceptors (Lipinski definition) is 16. The van der Waals surface area contributed by atoms with Crippen molar-refractivity contribution < 1.29 is 37.9 Å². The van der Waals surface area contributed by atoms with Gasteiger partial charge in [-0.25, -0.2) is 9.37 Å². The van der Waals surface area contributed by atoms with Gasteiger partial charge in [0, 0.05) is 43.5 Å². The Bertz CT molecular complexity index is 3300. The molecule has 11 rings (SSSR count). The summed E-state index contributed by atoms with van der Waals surface area (Å²) in [6.07, 6.45) is 7.12. The number of nitrogens with one attached hydrogen (secondary N) is 3. The van der Waals surface area contributed by atoms with Gasteiger partial charge in [-0.15, -0.1) is 24.0 Å². The first-order valence-electron chi connectivity index (χ1n) is 27.2. The van der Waals surface area contributed by atoms with Crippen LogP contribution in [0.3, 0.4) is 0 Å². The van der Waals surface area contributed by atoms with E-state index < -0.39 is 68.2 Å². The number of aromatic nitrogens is 4. The van der Waals surface area contributed by atoms with Crippen LogP contribution in [-0.2, 0) is 36.7 Å². The molecule has 4 N–H and O–H groups in total. The van der Waals surface area contributed by atoms with Crippen LogP contribution in [0.25, 0.3) is 43.4 Å². The number of carbonyl (C=O) groups is 3. The molecule has 0 aliphatic carbocycles. The van der Waals surface area contributed by atoms with Crippen LogP contribution in [0.2, 0.25) is 0 Å². The van der Waals surface area contributed by atoms with Gasteiger partial charge >= 0.3 is 6.01 Å². The van der Waals surface area contributed by atoms with E-state index >= 15 is 4.39 Å². The molecule has 0 saturated carbocycles. The topological polar surface area (TPSA) is 210 Å². The summed E-state index contributed by atoms with van der Waals surface area (Å²) in [5, 5.41) is 22.5. The number of nitrogens with zero attached hydrogens (tertiary/aromatic N) is 7. The average molecular weight is 1150 g/mol. The van der Waals surface area contributed by atoms with Crippen molar-refractivity contribution >= 4 is 91.4 Å². The summed E-state index contributed by atoms with van der Waals surface area (Å²) in [6, 6.07) is 16.1. The molecule has 3 amide bonds. The van der Waals surface area contributed by atoms with Crippen LogP contribution >= 0.6 is 35.0 Å². The Hall–Kier alpha value is -5.33. The van der Waals surface area contributed by atoms with Gasteiger partial charge in [0.2, 0.25) is 10.8 Å². The zero-order valence-corrected chi connectivity index (χ0v) is 48.8. The number of thiol groups is 2. The number of ether oxygens (including phenoxy) is 2. The van der Waals surface area contributed by atoms with Crippen LogP contribution in [0.1, 0.15) is 89.6 Å². The van der Waals surface area contributed by atoms with E-state index in [1.165, 1.54) is 4.90 Å². The molecule has 4 unspecified atom stereocenters. The number of benzene rings is 3. The minimum atomic E-state index is -1.73. The fraction of sp³-hybridized carbons (Fsp3) is 0.491. The summed E-state index contributed by atoms with van der Waals surface area (Å²) in [6.45, 7) is 13.5. The number of piperazine rings is 1. The molecule has 5 fully saturated rings. The molecule has 8 atom stereocenters. The molecule has 5 aliphatic rings. The van der Waals surface area contributed by atoms with E-state index in [2.05, 4.69) is 30.1 Å². The Morgan fingerprint density at radius 1 is 1.08 bits per heavy atom. The summed E-state index contributed by atoms with van der Waals surface area (Å²) >= 11 is 3.94. The molecule has 3 aromatic carbocycles. The molecule has 5 aliphatic heterocycles. The Balaban J connectivity index is 0.753. The number of amides is 3. The molecule has 2 bridgehead atoms. The third kappa shape index (κ3) is 10.9. The zero-order chi connectivity index (χ0) is 55.5. The van der Waals surface area contributed by atoms with E-state index in [1.54, 1.807) is 35.2 Å². The van der Waals surface area contributed by atoms with E-state index in [9.17, 15) is 24.0 Å². The summed E-state index contributed by atoms with van der Waals surface area (Å²) in [5.74, 6) is -0.831. The highest BCUT2D eigenvalue weighted by Crippen LogP contribution is 2.53. The molecule has 8 heterocycles. The van der Waals surface area contributed by atoms with E-state index in [0.29, 0.717) is 42.2 Å². The number of phenols is 1. The molecule has 17 nitrogen and oxygen atoms in total. The van der Waals surface area contributed by atoms with E-state index in [4.69, 9.17) is 37.1 Å². The highest BCUT2D eigenvalue weighted by atomic mass is 32.2. The highest BCUT2D eigenvalue weighted by Gasteiger charge is 2.57. The van der Waals surface area contributed by atoms with E-state index in [1.807, 2.05) is 84.0 Å². The lowest BCUT2D eigenvalue weighted by Crippen LogP contribution is -2.62. The predicted octanol–water partition coefficient (Wildman–Crippen LogP) is 7.71. The van der Waals surface area contributed by atoms with Crippen molar-refractivity contribution in [3.8, 4) is 33.5 Å². The van der Waals surface area contributed by atoms with Gasteiger partial charge in [0.05, 0.1) is 39.0 Å². The van der Waals surface area contributed by atoms with Crippen molar-refractivity contribution in [2.75, 3.05) is 61.1 Å². The predicted molar refractivity (Wildman–Crippen MR) is 314 cm³/mol. The van der Waals surface area contributed by atoms with Gasteiger partial charge < -0.3 is 40.0 Å². The molecule has 79 heavy (non-hydrogen) atoms. The number of aryl methyl sites for hydroxylation is 2. The third-order valence-electron chi connectivity index (χ3n) is 16.4. The largest absolute Gasteiger partial charge is 0.615 e. The molecule has 22 heteroatoms. The Labute approximate surface area is 475 Å². The molecule has 3 aromatic heterocycles. The molecular formula is C57H69FN10O7S4. The lowest BCUT2D eigenvalue weighted by Gasteiger charge is -2.37. The second kappa shape index (κ2) is 22.2. The van der Waals surface area contributed by atoms with Crippen LogP contribution < -0.4 is 25.6 Å². The number of aromatic hydroxyl groups is 1. The zero-order valence-electron chi connectivity index (χ0n) is 45.4. The number of anilines is 1. The average Bonchev–Trinajstić information content (AvgIpc) is 4.33. The van der Waals surface area contributed by atoms with Crippen LogP contribution in [0.4, 0.5) is 10.2 Å². The van der Waals surface area contributed by atoms with Gasteiger partial charge in [-0.2, -0.15) is 21.0 Å². The Kier molecular flexibility index (Phi) is 15.6. The van der Waals surface area contributed by atoms with Gasteiger partial charge in [0.15, 0.2) is 11.7 Å². The maximum Gasteiger partial charge on any atom is 0.319 e. The fourth-order valence-electron chi connectivity index (χ4n) is 12.3. The first-order chi connectivity index (χ1) is 37.8. The maximum absolute atomic E-state index is 17.4. The van der Waals surface area contributed by atoms with Gasteiger partial charge in [0.25, 0.3) is 11.8 Å². The summed E-state index contributed by atoms with van der Waals surface area (Å²) < 4.78 is 45.8. The maximum atomic E-state index is 17.4. The van der Waals surface area contributed by atoms with Crippen molar-refractivity contribution in [3.05, 3.63) is 88.9 Å². The normalized spacial score (nSPS) is 25.2. The van der Waals surface area contributed by atoms with E-state index in [0.717, 1.165) is 82.4 Å². The van der Waals surface area contributed by atoms with Crippen LogP contribution in [-0.4, -0.2) is 141 Å². The number of pyridine rings is 1. The quantitative estimate of drug-likeness (QED) is 0.0405. The summed E-state index contributed by atoms with van der Waals surface area (Å²) in [7, 11) is 0. The first kappa shape index (κ1) is 55.6. The number of phenolic OH excluding ortho intramolecular Hbond substituents is 1. The smallest absolute Gasteiger partial charge is 0.319 e. The second-order valence-corrected chi connectivity index (χ2v) is 28.1. The van der Waals surface area contributed by atoms with Crippen molar-refractivity contribution in [2.45, 2.75) is 115 Å². The highest BCUT2D eigenvalue weighted by molar-refractivity contribution is 8.15. The van der Waals surface area contributed by atoms with Gasteiger partial charge in [-0.1, -0.05) is 70.2 Å². The van der Waals surface area contributed by atoms with Crippen molar-refractivity contribution in [1.82, 2.24) is 45.1 Å². The van der Waals surface area contributed by atoms with Crippen molar-refractivity contribution in [3.63, 3.8) is 0 Å². The number of halogens is 1. The van der Waals surface area contributed by atoms with Crippen LogP contribution in [0.5, 0.6) is 11.8 Å².